The second-order valence-corrected chi connectivity index (χ2v) is 5.96. The number of hydrogen-bond acceptors (Lipinski definition) is 7. The van der Waals surface area contributed by atoms with Crippen molar-refractivity contribution >= 4 is 23.2 Å². The van der Waals surface area contributed by atoms with Gasteiger partial charge < -0.3 is 5.32 Å². The van der Waals surface area contributed by atoms with Crippen LogP contribution in [0.15, 0.2) is 60.9 Å². The van der Waals surface area contributed by atoms with Crippen LogP contribution in [-0.4, -0.2) is 20.8 Å². The van der Waals surface area contributed by atoms with E-state index in [9.17, 15) is 14.9 Å². The number of rotatable bonds is 7. The van der Waals surface area contributed by atoms with Crippen LogP contribution in [0.25, 0.3) is 0 Å². The lowest BCUT2D eigenvalue weighted by molar-refractivity contribution is -0.383. The van der Waals surface area contributed by atoms with Crippen molar-refractivity contribution in [3.8, 4) is 0 Å². The molecule has 142 valence electrons. The summed E-state index contributed by atoms with van der Waals surface area (Å²) in [5.74, 6) is -0.504. The van der Waals surface area contributed by atoms with Crippen LogP contribution in [0, 0.1) is 17.0 Å². The lowest BCUT2D eigenvalue weighted by Gasteiger charge is -2.11. The zero-order valence-electron chi connectivity index (χ0n) is 15.0. The number of nitro groups is 1. The number of carbonyl (C=O) groups excluding carboxylic acids is 1. The first-order valence-electron chi connectivity index (χ1n) is 8.45. The topological polar surface area (TPSA) is 122 Å². The number of nitrogens with zero attached hydrogens (tertiary/aromatic N) is 3. The molecule has 0 aliphatic heterocycles. The summed E-state index contributed by atoms with van der Waals surface area (Å²) in [6.45, 7) is 2.34. The third kappa shape index (κ3) is 4.58. The van der Waals surface area contributed by atoms with Crippen LogP contribution in [0.3, 0.4) is 0 Å². The average molecular weight is 378 g/mol. The summed E-state index contributed by atoms with van der Waals surface area (Å²) in [6, 6.07) is 16.2. The van der Waals surface area contributed by atoms with Crippen molar-refractivity contribution in [3.63, 3.8) is 0 Å². The molecule has 9 nitrogen and oxygen atoms in total. The maximum atomic E-state index is 12.1. The third-order valence-electron chi connectivity index (χ3n) is 3.92. The molecule has 2 aromatic carbocycles. The van der Waals surface area contributed by atoms with E-state index in [1.807, 2.05) is 31.2 Å². The van der Waals surface area contributed by atoms with Crippen LogP contribution in [-0.2, 0) is 6.54 Å². The fraction of sp³-hybridized carbons (Fsp3) is 0.105. The van der Waals surface area contributed by atoms with Crippen LogP contribution >= 0.6 is 0 Å². The number of hydrogen-bond donors (Lipinski definition) is 3. The lowest BCUT2D eigenvalue weighted by Crippen LogP contribution is -2.30. The lowest BCUT2D eigenvalue weighted by atomic mass is 10.1. The molecule has 3 N–H and O–H groups in total. The largest absolute Gasteiger partial charge is 0.360 e. The van der Waals surface area contributed by atoms with Crippen LogP contribution < -0.4 is 16.2 Å². The molecule has 0 saturated carbocycles. The Hall–Kier alpha value is -4.01. The van der Waals surface area contributed by atoms with Gasteiger partial charge in [0.05, 0.1) is 4.92 Å². The summed E-state index contributed by atoms with van der Waals surface area (Å²) in [4.78, 5) is 30.9. The number of nitrogens with one attached hydrogen (secondary N) is 3. The molecule has 3 rings (SSSR count). The number of hydrazine groups is 1. The Labute approximate surface area is 161 Å². The van der Waals surface area contributed by atoms with Gasteiger partial charge in [0.1, 0.15) is 6.33 Å². The maximum Gasteiger partial charge on any atom is 0.354 e. The van der Waals surface area contributed by atoms with Crippen molar-refractivity contribution in [2.24, 2.45) is 0 Å². The molecule has 1 amide bonds. The summed E-state index contributed by atoms with van der Waals surface area (Å²) >= 11 is 0. The number of anilines is 2. The van der Waals surface area contributed by atoms with Gasteiger partial charge in [0.2, 0.25) is 11.6 Å². The van der Waals surface area contributed by atoms with Gasteiger partial charge in [-0.25, -0.2) is 9.97 Å². The molecule has 0 bridgehead atoms. The minimum absolute atomic E-state index is 0.0528. The van der Waals surface area contributed by atoms with Crippen molar-refractivity contribution in [2.75, 3.05) is 10.7 Å². The van der Waals surface area contributed by atoms with Gasteiger partial charge in [0.25, 0.3) is 5.91 Å². The molecule has 0 spiro atoms. The van der Waals surface area contributed by atoms with Gasteiger partial charge in [0, 0.05) is 12.1 Å². The highest BCUT2D eigenvalue weighted by molar-refractivity contribution is 5.95. The molecule has 9 heteroatoms. The highest BCUT2D eigenvalue weighted by Gasteiger charge is 2.23. The Morgan fingerprint density at radius 3 is 2.39 bits per heavy atom. The highest BCUT2D eigenvalue weighted by atomic mass is 16.6. The van der Waals surface area contributed by atoms with E-state index >= 15 is 0 Å². The van der Waals surface area contributed by atoms with Gasteiger partial charge in [-0.3, -0.25) is 25.8 Å². The quantitative estimate of drug-likeness (QED) is 0.426. The SMILES string of the molecule is Cc1ccc(CNc2ncnc(NNC(=O)c3ccccc3)c2[N+](=O)[O-])cc1. The number of aromatic nitrogens is 2. The Morgan fingerprint density at radius 1 is 1.04 bits per heavy atom. The fourth-order valence-electron chi connectivity index (χ4n) is 2.44. The number of amides is 1. The molecule has 28 heavy (non-hydrogen) atoms. The molecule has 1 heterocycles. The zero-order valence-corrected chi connectivity index (χ0v) is 15.0. The molecule has 0 atom stereocenters. The van der Waals surface area contributed by atoms with E-state index in [4.69, 9.17) is 0 Å². The van der Waals surface area contributed by atoms with Gasteiger partial charge in [0.15, 0.2) is 0 Å². The van der Waals surface area contributed by atoms with E-state index in [1.165, 1.54) is 6.33 Å². The highest BCUT2D eigenvalue weighted by Crippen LogP contribution is 2.28. The van der Waals surface area contributed by atoms with Gasteiger partial charge in [-0.15, -0.1) is 0 Å². The minimum atomic E-state index is -0.603. The van der Waals surface area contributed by atoms with E-state index in [0.717, 1.165) is 11.1 Å². The number of benzene rings is 2. The molecule has 0 radical (unpaired) electrons. The Kier molecular flexibility index (Phi) is 5.75. The summed E-state index contributed by atoms with van der Waals surface area (Å²) in [6.07, 6.45) is 1.18. The van der Waals surface area contributed by atoms with E-state index in [1.54, 1.807) is 30.3 Å². The smallest absolute Gasteiger partial charge is 0.354 e. The van der Waals surface area contributed by atoms with E-state index < -0.39 is 10.8 Å². The van der Waals surface area contributed by atoms with Crippen molar-refractivity contribution in [3.05, 3.63) is 87.7 Å². The van der Waals surface area contributed by atoms with Crippen molar-refractivity contribution in [2.45, 2.75) is 13.5 Å². The molecular formula is C19H18N6O3. The number of aryl methyl sites for hydroxylation is 1. The molecule has 0 unspecified atom stereocenters. The molecule has 0 aliphatic rings. The molecule has 0 fully saturated rings. The second kappa shape index (κ2) is 8.58. The van der Waals surface area contributed by atoms with E-state index in [0.29, 0.717) is 12.1 Å². The Bertz CT molecular complexity index is 977. The van der Waals surface area contributed by atoms with Crippen LogP contribution in [0.5, 0.6) is 0 Å². The Balaban J connectivity index is 1.74. The summed E-state index contributed by atoms with van der Waals surface area (Å²) in [5, 5.41) is 14.5. The first-order chi connectivity index (χ1) is 13.5. The maximum absolute atomic E-state index is 12.1. The van der Waals surface area contributed by atoms with Gasteiger partial charge in [-0.2, -0.15) is 0 Å². The van der Waals surface area contributed by atoms with E-state index in [2.05, 4.69) is 26.1 Å². The standard InChI is InChI=1S/C19H18N6O3/c1-13-7-9-14(10-8-13)11-20-17-16(25(27)28)18(22-12-21-17)23-24-19(26)15-5-3-2-4-6-15/h2-10,12H,11H2,1H3,(H,24,26)(H2,20,21,22,23). The summed E-state index contributed by atoms with van der Waals surface area (Å²) in [5.41, 5.74) is 7.03. The molecule has 0 saturated heterocycles. The van der Waals surface area contributed by atoms with Crippen molar-refractivity contribution in [1.29, 1.82) is 0 Å². The van der Waals surface area contributed by atoms with Crippen molar-refractivity contribution in [1.82, 2.24) is 15.4 Å². The summed E-state index contributed by atoms with van der Waals surface area (Å²) < 4.78 is 0. The Morgan fingerprint density at radius 2 is 1.71 bits per heavy atom. The van der Waals surface area contributed by atoms with Gasteiger partial charge in [-0.1, -0.05) is 48.0 Å². The van der Waals surface area contributed by atoms with Crippen LogP contribution in [0.4, 0.5) is 17.3 Å². The van der Waals surface area contributed by atoms with E-state index in [-0.39, 0.29) is 17.3 Å². The van der Waals surface area contributed by atoms with Crippen molar-refractivity contribution < 1.29 is 9.72 Å². The first-order valence-corrected chi connectivity index (χ1v) is 8.45. The second-order valence-electron chi connectivity index (χ2n) is 5.96. The monoisotopic (exact) mass is 378 g/mol. The predicted octanol–water partition coefficient (Wildman–Crippen LogP) is 3.06. The van der Waals surface area contributed by atoms with Crippen LogP contribution in [0.2, 0.25) is 0 Å². The average Bonchev–Trinajstić information content (AvgIpc) is 2.72. The van der Waals surface area contributed by atoms with Gasteiger partial charge in [-0.05, 0) is 24.6 Å². The first kappa shape index (κ1) is 18.8. The van der Waals surface area contributed by atoms with Crippen LogP contribution in [0.1, 0.15) is 21.5 Å². The molecular weight excluding hydrogens is 360 g/mol. The number of carbonyl (C=O) groups is 1. The molecule has 1 aromatic heterocycles. The minimum Gasteiger partial charge on any atom is -0.360 e. The molecule has 3 aromatic rings. The molecule has 0 aliphatic carbocycles. The normalized spacial score (nSPS) is 10.2. The fourth-order valence-corrected chi connectivity index (χ4v) is 2.44. The predicted molar refractivity (Wildman–Crippen MR) is 105 cm³/mol. The third-order valence-corrected chi connectivity index (χ3v) is 3.92. The zero-order chi connectivity index (χ0) is 19.9. The van der Waals surface area contributed by atoms with Gasteiger partial charge >= 0.3 is 5.69 Å². The summed E-state index contributed by atoms with van der Waals surface area (Å²) in [7, 11) is 0.